The first kappa shape index (κ1) is 15.0. The van der Waals surface area contributed by atoms with Gasteiger partial charge in [0.05, 0.1) is 0 Å². The Kier molecular flexibility index (Phi) is 4.13. The summed E-state index contributed by atoms with van der Waals surface area (Å²) < 4.78 is 2.12. The lowest BCUT2D eigenvalue weighted by Crippen LogP contribution is -2.50. The molecule has 2 amide bonds. The van der Waals surface area contributed by atoms with Crippen LogP contribution < -0.4 is 5.32 Å². The topological polar surface area (TPSA) is 80.1 Å². The highest BCUT2D eigenvalue weighted by molar-refractivity contribution is 5.87. The standard InChI is InChI=1S/C15H23N5O2/c1-3-13-17-18-14-7-6-11(9-20(13)14)16-15(22)12-5-4-8-19(12)10(2)21/h11-12H,3-9H2,1-2H3,(H,16,22)/t11-,12-/m0/s1. The highest BCUT2D eigenvalue weighted by atomic mass is 16.2. The second-order valence-electron chi connectivity index (χ2n) is 6.11. The molecule has 2 atom stereocenters. The minimum atomic E-state index is -0.301. The van der Waals surface area contributed by atoms with Crippen molar-refractivity contribution in [1.82, 2.24) is 25.0 Å². The van der Waals surface area contributed by atoms with E-state index in [0.29, 0.717) is 6.54 Å². The van der Waals surface area contributed by atoms with E-state index >= 15 is 0 Å². The van der Waals surface area contributed by atoms with Gasteiger partial charge in [-0.2, -0.15) is 0 Å². The molecule has 3 heterocycles. The molecule has 0 aromatic carbocycles. The summed E-state index contributed by atoms with van der Waals surface area (Å²) in [5.74, 6) is 1.94. The molecule has 3 rings (SSSR count). The van der Waals surface area contributed by atoms with Crippen LogP contribution in [0.2, 0.25) is 0 Å². The molecule has 0 aliphatic carbocycles. The van der Waals surface area contributed by atoms with Gasteiger partial charge in [0.1, 0.15) is 17.7 Å². The van der Waals surface area contributed by atoms with Crippen molar-refractivity contribution in [2.45, 2.75) is 64.6 Å². The van der Waals surface area contributed by atoms with Crippen molar-refractivity contribution < 1.29 is 9.59 Å². The first-order valence-corrected chi connectivity index (χ1v) is 8.08. The number of rotatable bonds is 3. The second-order valence-corrected chi connectivity index (χ2v) is 6.11. The Balaban J connectivity index is 1.64. The van der Waals surface area contributed by atoms with E-state index in [-0.39, 0.29) is 23.9 Å². The van der Waals surface area contributed by atoms with Gasteiger partial charge < -0.3 is 14.8 Å². The summed E-state index contributed by atoms with van der Waals surface area (Å²) in [6.45, 7) is 5.00. The maximum absolute atomic E-state index is 12.5. The van der Waals surface area contributed by atoms with Gasteiger partial charge in [-0.1, -0.05) is 6.92 Å². The first-order chi connectivity index (χ1) is 10.6. The predicted molar refractivity (Wildman–Crippen MR) is 80.1 cm³/mol. The molecule has 0 spiro atoms. The lowest BCUT2D eigenvalue weighted by Gasteiger charge is -2.28. The molecule has 0 radical (unpaired) electrons. The number of likely N-dealkylation sites (tertiary alicyclic amines) is 1. The van der Waals surface area contributed by atoms with Gasteiger partial charge >= 0.3 is 0 Å². The largest absolute Gasteiger partial charge is 0.350 e. The lowest BCUT2D eigenvalue weighted by molar-refractivity contribution is -0.137. The fraction of sp³-hybridized carbons (Fsp3) is 0.733. The molecule has 7 nitrogen and oxygen atoms in total. The summed E-state index contributed by atoms with van der Waals surface area (Å²) in [4.78, 5) is 25.8. The van der Waals surface area contributed by atoms with Crippen LogP contribution in [0.25, 0.3) is 0 Å². The zero-order valence-corrected chi connectivity index (χ0v) is 13.2. The molecule has 2 aliphatic heterocycles. The Bertz CT molecular complexity index is 569. The fourth-order valence-corrected chi connectivity index (χ4v) is 3.48. The van der Waals surface area contributed by atoms with Crippen LogP contribution in [0, 0.1) is 0 Å². The minimum Gasteiger partial charge on any atom is -0.350 e. The summed E-state index contributed by atoms with van der Waals surface area (Å²) in [5, 5.41) is 11.5. The predicted octanol–water partition coefficient (Wildman–Crippen LogP) is 0.282. The van der Waals surface area contributed by atoms with E-state index < -0.39 is 0 Å². The number of carbonyl (C=O) groups is 2. The Hall–Kier alpha value is -1.92. The molecule has 0 bridgehead atoms. The van der Waals surface area contributed by atoms with Crippen LogP contribution in [0.1, 0.15) is 44.8 Å². The normalized spacial score (nSPS) is 24.2. The minimum absolute atomic E-state index is 0.0179. The zero-order valence-electron chi connectivity index (χ0n) is 13.2. The molecule has 22 heavy (non-hydrogen) atoms. The second kappa shape index (κ2) is 6.06. The van der Waals surface area contributed by atoms with Crippen LogP contribution in [-0.4, -0.2) is 50.1 Å². The maximum atomic E-state index is 12.5. The van der Waals surface area contributed by atoms with E-state index in [2.05, 4.69) is 27.0 Å². The van der Waals surface area contributed by atoms with E-state index in [1.165, 1.54) is 6.92 Å². The van der Waals surface area contributed by atoms with Crippen molar-refractivity contribution in [3.63, 3.8) is 0 Å². The van der Waals surface area contributed by atoms with Crippen LogP contribution in [0.3, 0.4) is 0 Å². The van der Waals surface area contributed by atoms with Crippen LogP contribution in [0.5, 0.6) is 0 Å². The van der Waals surface area contributed by atoms with Gasteiger partial charge in [-0.05, 0) is 19.3 Å². The smallest absolute Gasteiger partial charge is 0.243 e. The van der Waals surface area contributed by atoms with Crippen molar-refractivity contribution >= 4 is 11.8 Å². The highest BCUT2D eigenvalue weighted by Crippen LogP contribution is 2.19. The lowest BCUT2D eigenvalue weighted by atomic mass is 10.1. The number of hydrogen-bond acceptors (Lipinski definition) is 4. The third kappa shape index (κ3) is 2.71. The third-order valence-corrected chi connectivity index (χ3v) is 4.65. The average molecular weight is 305 g/mol. The number of nitrogens with one attached hydrogen (secondary N) is 1. The Labute approximate surface area is 130 Å². The van der Waals surface area contributed by atoms with E-state index in [1.807, 2.05) is 0 Å². The van der Waals surface area contributed by atoms with Gasteiger partial charge in [0.25, 0.3) is 0 Å². The molecule has 1 N–H and O–H groups in total. The molecule has 0 saturated carbocycles. The van der Waals surface area contributed by atoms with Gasteiger partial charge in [-0.15, -0.1) is 10.2 Å². The van der Waals surface area contributed by atoms with Gasteiger partial charge in [0.15, 0.2) is 0 Å². The molecule has 120 valence electrons. The zero-order chi connectivity index (χ0) is 15.7. The third-order valence-electron chi connectivity index (χ3n) is 4.65. The summed E-state index contributed by atoms with van der Waals surface area (Å²) >= 11 is 0. The van der Waals surface area contributed by atoms with Crippen molar-refractivity contribution in [1.29, 1.82) is 0 Å². The van der Waals surface area contributed by atoms with E-state index in [4.69, 9.17) is 0 Å². The van der Waals surface area contributed by atoms with Gasteiger partial charge in [-0.3, -0.25) is 9.59 Å². The monoisotopic (exact) mass is 305 g/mol. The number of hydrogen-bond donors (Lipinski definition) is 1. The summed E-state index contributed by atoms with van der Waals surface area (Å²) in [6.07, 6.45) is 4.21. The maximum Gasteiger partial charge on any atom is 0.243 e. The molecule has 1 saturated heterocycles. The summed E-state index contributed by atoms with van der Waals surface area (Å²) in [7, 11) is 0. The molecule has 1 aromatic heterocycles. The van der Waals surface area contributed by atoms with Gasteiger partial charge in [0, 0.05) is 38.9 Å². The number of aromatic nitrogens is 3. The molecule has 7 heteroatoms. The van der Waals surface area contributed by atoms with E-state index in [0.717, 1.165) is 50.3 Å². The molecule has 1 aromatic rings. The Morgan fingerprint density at radius 1 is 1.32 bits per heavy atom. The van der Waals surface area contributed by atoms with Gasteiger partial charge in [0.2, 0.25) is 11.8 Å². The van der Waals surface area contributed by atoms with E-state index in [1.54, 1.807) is 4.90 Å². The first-order valence-electron chi connectivity index (χ1n) is 8.08. The van der Waals surface area contributed by atoms with Crippen LogP contribution >= 0.6 is 0 Å². The van der Waals surface area contributed by atoms with Crippen molar-refractivity contribution in [2.24, 2.45) is 0 Å². The van der Waals surface area contributed by atoms with Crippen molar-refractivity contribution in [3.8, 4) is 0 Å². The summed E-state index contributed by atoms with van der Waals surface area (Å²) in [6, 6.07) is -0.207. The number of amides is 2. The number of carbonyl (C=O) groups excluding carboxylic acids is 2. The van der Waals surface area contributed by atoms with Crippen molar-refractivity contribution in [2.75, 3.05) is 6.54 Å². The van der Waals surface area contributed by atoms with Crippen LogP contribution in [-0.2, 0) is 29.0 Å². The van der Waals surface area contributed by atoms with Crippen molar-refractivity contribution in [3.05, 3.63) is 11.6 Å². The quantitative estimate of drug-likeness (QED) is 0.870. The number of fused-ring (bicyclic) bond motifs is 1. The van der Waals surface area contributed by atoms with Crippen LogP contribution in [0.15, 0.2) is 0 Å². The summed E-state index contributed by atoms with van der Waals surface area (Å²) in [5.41, 5.74) is 0. The highest BCUT2D eigenvalue weighted by Gasteiger charge is 2.34. The molecule has 1 fully saturated rings. The van der Waals surface area contributed by atoms with Gasteiger partial charge in [-0.25, -0.2) is 0 Å². The molecular weight excluding hydrogens is 282 g/mol. The number of nitrogens with zero attached hydrogens (tertiary/aromatic N) is 4. The number of aryl methyl sites for hydroxylation is 2. The average Bonchev–Trinajstić information content (AvgIpc) is 3.13. The Morgan fingerprint density at radius 2 is 2.14 bits per heavy atom. The molecule has 2 aliphatic rings. The fourth-order valence-electron chi connectivity index (χ4n) is 3.48. The molecule has 0 unspecified atom stereocenters. The Morgan fingerprint density at radius 3 is 2.86 bits per heavy atom. The SMILES string of the molecule is CCc1nnc2n1C[C@@H](NC(=O)[C@@H]1CCCN1C(C)=O)CC2. The van der Waals surface area contributed by atoms with Crippen LogP contribution in [0.4, 0.5) is 0 Å². The molecular formula is C15H23N5O2. The van der Waals surface area contributed by atoms with E-state index in [9.17, 15) is 9.59 Å².